The monoisotopic (exact) mass is 494 g/mol. The smallest absolute Gasteiger partial charge is 0.426 e. The minimum Gasteiger partial charge on any atom is -0.426 e. The van der Waals surface area contributed by atoms with E-state index in [0.717, 1.165) is 11.1 Å². The summed E-state index contributed by atoms with van der Waals surface area (Å²) in [7, 11) is 0. The lowest BCUT2D eigenvalue weighted by atomic mass is 9.79. The quantitative estimate of drug-likeness (QED) is 0.397. The molecular weight excluding hydrogens is 444 g/mol. The molecule has 0 radical (unpaired) electrons. The fourth-order valence-electron chi connectivity index (χ4n) is 3.96. The third-order valence-electron chi connectivity index (χ3n) is 6.86. The maximum absolute atomic E-state index is 12.9. The van der Waals surface area contributed by atoms with Gasteiger partial charge in [-0.15, -0.1) is 0 Å². The van der Waals surface area contributed by atoms with E-state index in [1.54, 1.807) is 0 Å². The molecule has 0 aliphatic carbocycles. The van der Waals surface area contributed by atoms with Gasteiger partial charge in [-0.05, 0) is 68.9 Å². The van der Waals surface area contributed by atoms with Crippen molar-refractivity contribution in [2.24, 2.45) is 0 Å². The number of rotatable bonds is 4. The average molecular weight is 495 g/mol. The molecule has 0 bridgehead atoms. The summed E-state index contributed by atoms with van der Waals surface area (Å²) in [5, 5.41) is 0. The van der Waals surface area contributed by atoms with Gasteiger partial charge in [0.1, 0.15) is 12.2 Å². The third-order valence-corrected chi connectivity index (χ3v) is 6.86. The van der Waals surface area contributed by atoms with Crippen LogP contribution >= 0.6 is 0 Å². The summed E-state index contributed by atoms with van der Waals surface area (Å²) in [5.41, 5.74) is 6.88. The van der Waals surface area contributed by atoms with Gasteiger partial charge in [-0.1, -0.05) is 119 Å². The first kappa shape index (κ1) is 29.9. The van der Waals surface area contributed by atoms with Gasteiger partial charge in [0.2, 0.25) is 0 Å². The Hall–Kier alpha value is -2.29. The van der Waals surface area contributed by atoms with Crippen molar-refractivity contribution >= 4 is 6.16 Å². The Morgan fingerprint density at radius 3 is 0.917 bits per heavy atom. The number of ether oxygens (including phenoxy) is 2. The van der Waals surface area contributed by atoms with E-state index in [9.17, 15) is 4.79 Å². The third kappa shape index (κ3) is 7.85. The predicted octanol–water partition coefficient (Wildman–Crippen LogP) is 9.85. The van der Waals surface area contributed by atoms with Crippen molar-refractivity contribution < 1.29 is 14.3 Å². The van der Waals surface area contributed by atoms with E-state index in [1.165, 1.54) is 22.3 Å². The van der Waals surface area contributed by atoms with Crippen molar-refractivity contribution in [1.82, 2.24) is 0 Å². The van der Waals surface area contributed by atoms with Crippen LogP contribution in [0.5, 0.6) is 0 Å². The zero-order valence-electron chi connectivity index (χ0n) is 25.3. The van der Waals surface area contributed by atoms with Gasteiger partial charge in [-0.2, -0.15) is 0 Å². The number of carbonyl (C=O) groups excluding carboxylic acids is 1. The maximum atomic E-state index is 12.9. The highest BCUT2D eigenvalue weighted by Crippen LogP contribution is 2.35. The minimum atomic E-state index is -0.646. The van der Waals surface area contributed by atoms with Crippen molar-refractivity contribution in [3.05, 3.63) is 69.8 Å². The molecule has 2 rings (SSSR count). The van der Waals surface area contributed by atoms with Crippen LogP contribution in [0.4, 0.5) is 4.79 Å². The summed E-state index contributed by atoms with van der Waals surface area (Å²) in [6.45, 7) is 30.3. The molecule has 0 saturated carbocycles. The van der Waals surface area contributed by atoms with Crippen molar-refractivity contribution in [2.75, 3.05) is 0 Å². The van der Waals surface area contributed by atoms with E-state index in [1.807, 2.05) is 13.8 Å². The molecule has 3 heteroatoms. The minimum absolute atomic E-state index is 0.00636. The molecule has 0 aromatic heterocycles. The molecule has 2 aromatic rings. The molecule has 2 unspecified atom stereocenters. The van der Waals surface area contributed by atoms with Crippen LogP contribution < -0.4 is 0 Å². The zero-order chi connectivity index (χ0) is 27.9. The SMILES string of the molecule is CC(OC(=O)OC(C)c1cc(C(C)(C)C)cc(C(C)(C)C)c1)c1cc(C(C)(C)C)cc(C(C)(C)C)c1. The summed E-state index contributed by atoms with van der Waals surface area (Å²) >= 11 is 0. The fraction of sp³-hybridized carbons (Fsp3) is 0.606. The van der Waals surface area contributed by atoms with Crippen LogP contribution in [-0.2, 0) is 31.1 Å². The second-order valence-corrected chi connectivity index (χ2v) is 14.5. The average Bonchev–Trinajstić information content (AvgIpc) is 2.70. The van der Waals surface area contributed by atoms with Gasteiger partial charge in [-0.25, -0.2) is 4.79 Å². The van der Waals surface area contributed by atoms with Crippen LogP contribution in [-0.4, -0.2) is 6.16 Å². The van der Waals surface area contributed by atoms with Gasteiger partial charge in [0.05, 0.1) is 0 Å². The Morgan fingerprint density at radius 2 is 0.722 bits per heavy atom. The van der Waals surface area contributed by atoms with E-state index in [4.69, 9.17) is 9.47 Å². The molecule has 0 heterocycles. The molecule has 2 atom stereocenters. The number of hydrogen-bond donors (Lipinski definition) is 0. The van der Waals surface area contributed by atoms with Gasteiger partial charge in [0.25, 0.3) is 0 Å². The molecule has 0 aliphatic heterocycles. The molecule has 0 fully saturated rings. The normalized spacial score (nSPS) is 14.8. The maximum Gasteiger partial charge on any atom is 0.509 e. The summed E-state index contributed by atoms with van der Waals surface area (Å²) in [6.07, 6.45) is -1.48. The zero-order valence-corrected chi connectivity index (χ0v) is 25.3. The molecular formula is C33H50O3. The number of hydrogen-bond acceptors (Lipinski definition) is 3. The molecule has 0 saturated heterocycles. The second-order valence-electron chi connectivity index (χ2n) is 14.5. The van der Waals surface area contributed by atoms with Gasteiger partial charge >= 0.3 is 6.16 Å². The van der Waals surface area contributed by atoms with Crippen LogP contribution in [0, 0.1) is 0 Å². The van der Waals surface area contributed by atoms with Crippen molar-refractivity contribution in [3.8, 4) is 0 Å². The Morgan fingerprint density at radius 1 is 0.500 bits per heavy atom. The first-order valence-corrected chi connectivity index (χ1v) is 13.3. The highest BCUT2D eigenvalue weighted by atomic mass is 16.7. The number of benzene rings is 2. The molecule has 200 valence electrons. The molecule has 0 N–H and O–H groups in total. The molecule has 36 heavy (non-hydrogen) atoms. The Kier molecular flexibility index (Phi) is 8.50. The fourth-order valence-corrected chi connectivity index (χ4v) is 3.96. The van der Waals surface area contributed by atoms with E-state index in [-0.39, 0.29) is 21.7 Å². The highest BCUT2D eigenvalue weighted by molar-refractivity contribution is 5.61. The molecule has 3 nitrogen and oxygen atoms in total. The number of carbonyl (C=O) groups is 1. The molecule has 0 amide bonds. The standard InChI is InChI=1S/C33H50O3/c1-21(23-15-25(30(3,4)5)19-26(16-23)31(6,7)8)35-29(34)36-22(2)24-17-27(32(9,10)11)20-28(18-24)33(12,13)14/h15-22H,1-14H3. The molecule has 0 aliphatic rings. The summed E-state index contributed by atoms with van der Waals surface area (Å²) in [4.78, 5) is 12.9. The van der Waals surface area contributed by atoms with Gasteiger partial charge in [0, 0.05) is 0 Å². The summed E-state index contributed by atoms with van der Waals surface area (Å²) in [6, 6.07) is 13.1. The largest absolute Gasteiger partial charge is 0.509 e. The summed E-state index contributed by atoms with van der Waals surface area (Å²) in [5.74, 6) is 0. The molecule has 0 spiro atoms. The van der Waals surface area contributed by atoms with Crippen LogP contribution in [0.1, 0.15) is 143 Å². The highest BCUT2D eigenvalue weighted by Gasteiger charge is 2.26. The molecule has 2 aromatic carbocycles. The summed E-state index contributed by atoms with van der Waals surface area (Å²) < 4.78 is 11.6. The van der Waals surface area contributed by atoms with Crippen LogP contribution in [0.25, 0.3) is 0 Å². The lowest BCUT2D eigenvalue weighted by Gasteiger charge is -2.28. The van der Waals surface area contributed by atoms with Gasteiger partial charge < -0.3 is 9.47 Å². The van der Waals surface area contributed by atoms with Gasteiger partial charge in [-0.3, -0.25) is 0 Å². The second kappa shape index (κ2) is 10.2. The Balaban J connectivity index is 2.29. The first-order valence-electron chi connectivity index (χ1n) is 13.3. The van der Waals surface area contributed by atoms with Gasteiger partial charge in [0.15, 0.2) is 0 Å². The van der Waals surface area contributed by atoms with E-state index < -0.39 is 18.4 Å². The lowest BCUT2D eigenvalue weighted by Crippen LogP contribution is -2.20. The first-order chi connectivity index (χ1) is 16.1. The Labute approximate surface area is 221 Å². The topological polar surface area (TPSA) is 35.5 Å². The van der Waals surface area contributed by atoms with E-state index in [2.05, 4.69) is 119 Å². The Bertz CT molecular complexity index is 916. The van der Waals surface area contributed by atoms with Crippen molar-refractivity contribution in [2.45, 2.75) is 131 Å². The lowest BCUT2D eigenvalue weighted by molar-refractivity contribution is 0.00616. The van der Waals surface area contributed by atoms with Crippen LogP contribution in [0.3, 0.4) is 0 Å². The van der Waals surface area contributed by atoms with Crippen molar-refractivity contribution in [1.29, 1.82) is 0 Å². The van der Waals surface area contributed by atoms with E-state index >= 15 is 0 Å². The predicted molar refractivity (Wildman–Crippen MR) is 152 cm³/mol. The van der Waals surface area contributed by atoms with Crippen LogP contribution in [0.15, 0.2) is 36.4 Å². The van der Waals surface area contributed by atoms with E-state index in [0.29, 0.717) is 0 Å². The van der Waals surface area contributed by atoms with Crippen LogP contribution in [0.2, 0.25) is 0 Å². The van der Waals surface area contributed by atoms with Crippen molar-refractivity contribution in [3.63, 3.8) is 0 Å².